The van der Waals surface area contributed by atoms with Crippen molar-refractivity contribution in [2.45, 2.75) is 0 Å². The summed E-state index contributed by atoms with van der Waals surface area (Å²) in [6.07, 6.45) is 0. The lowest BCUT2D eigenvalue weighted by molar-refractivity contribution is 1.07. The molecule has 0 spiro atoms. The Labute approximate surface area is 364 Å². The topological polar surface area (TPSA) is 73.7 Å². The zero-order valence-electron chi connectivity index (χ0n) is 33.8. The molecule has 0 radical (unpaired) electrons. The van der Waals surface area contributed by atoms with Crippen LogP contribution in [0.1, 0.15) is 0 Å². The molecule has 63 heavy (non-hydrogen) atoms. The average Bonchev–Trinajstić information content (AvgIpc) is 3.70. The van der Waals surface area contributed by atoms with Crippen LogP contribution in [-0.4, -0.2) is 29.5 Å². The van der Waals surface area contributed by atoms with Crippen LogP contribution in [0.2, 0.25) is 0 Å². The first kappa shape index (κ1) is 37.2. The molecule has 11 rings (SSSR count). The minimum atomic E-state index is 0.546. The SMILES string of the molecule is [C-]#[N+]c1cccc(-c2ccc3c(c2)c2ccccc2n3-c2ccc(-c3nc(-c4ccccc4)nc(-c4ccccc4)n3)cc2-c2cc(-c3ccccc3)nc(-c3ccccc3)n2)c1. The van der Waals surface area contributed by atoms with Crippen LogP contribution in [-0.2, 0) is 0 Å². The lowest BCUT2D eigenvalue weighted by atomic mass is 10.0. The third-order valence-corrected chi connectivity index (χ3v) is 11.3. The maximum Gasteiger partial charge on any atom is 0.187 e. The Morgan fingerprint density at radius 3 is 1.46 bits per heavy atom. The van der Waals surface area contributed by atoms with Crippen molar-refractivity contribution < 1.29 is 0 Å². The van der Waals surface area contributed by atoms with E-state index < -0.39 is 0 Å². The monoisotopic (exact) mass is 805 g/mol. The summed E-state index contributed by atoms with van der Waals surface area (Å²) in [6.45, 7) is 7.63. The van der Waals surface area contributed by atoms with Gasteiger partial charge in [-0.1, -0.05) is 164 Å². The average molecular weight is 806 g/mol. The van der Waals surface area contributed by atoms with Gasteiger partial charge in [0.05, 0.1) is 34.7 Å². The van der Waals surface area contributed by atoms with Crippen molar-refractivity contribution in [3.63, 3.8) is 0 Å². The number of rotatable bonds is 8. The number of fused-ring (bicyclic) bond motifs is 3. The molecule has 8 aromatic carbocycles. The highest BCUT2D eigenvalue weighted by Crippen LogP contribution is 2.40. The van der Waals surface area contributed by atoms with Gasteiger partial charge in [0.1, 0.15) is 0 Å². The molecule has 3 aromatic heterocycles. The second-order valence-corrected chi connectivity index (χ2v) is 15.2. The van der Waals surface area contributed by atoms with Crippen LogP contribution >= 0.6 is 0 Å². The largest absolute Gasteiger partial charge is 0.309 e. The number of nitrogens with zero attached hydrogens (tertiary/aromatic N) is 7. The van der Waals surface area contributed by atoms with Gasteiger partial charge in [-0.05, 0) is 59.7 Å². The fourth-order valence-corrected chi connectivity index (χ4v) is 8.24. The van der Waals surface area contributed by atoms with Crippen LogP contribution in [0.25, 0.3) is 112 Å². The Bertz CT molecular complexity index is 3390. The van der Waals surface area contributed by atoms with E-state index in [1.807, 2.05) is 127 Å². The van der Waals surface area contributed by atoms with E-state index >= 15 is 0 Å². The second-order valence-electron chi connectivity index (χ2n) is 15.2. The molecule has 0 amide bonds. The highest BCUT2D eigenvalue weighted by atomic mass is 15.0. The van der Waals surface area contributed by atoms with Gasteiger partial charge in [-0.15, -0.1) is 0 Å². The van der Waals surface area contributed by atoms with E-state index in [9.17, 15) is 0 Å². The van der Waals surface area contributed by atoms with E-state index in [1.165, 1.54) is 0 Å². The first-order valence-electron chi connectivity index (χ1n) is 20.7. The van der Waals surface area contributed by atoms with Gasteiger partial charge in [-0.2, -0.15) is 0 Å². The van der Waals surface area contributed by atoms with E-state index in [2.05, 4.69) is 94.3 Å². The highest BCUT2D eigenvalue weighted by molar-refractivity contribution is 6.11. The quantitative estimate of drug-likeness (QED) is 0.143. The predicted octanol–water partition coefficient (Wildman–Crippen LogP) is 14.0. The molecule has 0 saturated heterocycles. The van der Waals surface area contributed by atoms with Crippen molar-refractivity contribution in [3.05, 3.63) is 224 Å². The Morgan fingerprint density at radius 1 is 0.333 bits per heavy atom. The van der Waals surface area contributed by atoms with Crippen molar-refractivity contribution >= 4 is 27.5 Å². The summed E-state index contributed by atoms with van der Waals surface area (Å²) in [5, 5.41) is 2.21. The maximum atomic E-state index is 7.63. The molecule has 294 valence electrons. The van der Waals surface area contributed by atoms with Crippen LogP contribution in [0.4, 0.5) is 5.69 Å². The van der Waals surface area contributed by atoms with Crippen molar-refractivity contribution in [1.82, 2.24) is 29.5 Å². The predicted molar refractivity (Wildman–Crippen MR) is 254 cm³/mol. The first-order chi connectivity index (χ1) is 31.2. The van der Waals surface area contributed by atoms with Gasteiger partial charge in [0, 0.05) is 44.2 Å². The standard InChI is InChI=1S/C56H35N7/c1-57-44-26-16-25-41(33-44)42-29-31-51-46(34-42)45-27-14-15-28-50(45)63(51)52-32-30-43(56-61-54(39-21-10-4-11-22-39)60-55(62-56)40-23-12-5-13-24-40)35-47(52)49-36-48(37-17-6-2-7-18-37)58-53(59-49)38-19-8-3-9-20-38/h2-36H. The molecule has 0 N–H and O–H groups in total. The smallest absolute Gasteiger partial charge is 0.187 e. The third kappa shape index (κ3) is 7.08. The summed E-state index contributed by atoms with van der Waals surface area (Å²) in [4.78, 5) is 29.4. The zero-order chi connectivity index (χ0) is 42.1. The number of para-hydroxylation sites is 1. The van der Waals surface area contributed by atoms with E-state index in [0.29, 0.717) is 29.0 Å². The summed E-state index contributed by atoms with van der Waals surface area (Å²) < 4.78 is 2.33. The first-order valence-corrected chi connectivity index (χ1v) is 20.7. The zero-order valence-corrected chi connectivity index (χ0v) is 33.8. The van der Waals surface area contributed by atoms with Crippen LogP contribution < -0.4 is 0 Å². The van der Waals surface area contributed by atoms with Crippen molar-refractivity contribution in [3.8, 4) is 84.9 Å². The van der Waals surface area contributed by atoms with Gasteiger partial charge in [0.2, 0.25) is 0 Å². The summed E-state index contributed by atoms with van der Waals surface area (Å²) >= 11 is 0. The van der Waals surface area contributed by atoms with Crippen molar-refractivity contribution in [1.29, 1.82) is 0 Å². The highest BCUT2D eigenvalue weighted by Gasteiger charge is 2.21. The summed E-state index contributed by atoms with van der Waals surface area (Å²) in [7, 11) is 0. The minimum Gasteiger partial charge on any atom is -0.309 e. The lowest BCUT2D eigenvalue weighted by Gasteiger charge is -2.17. The Morgan fingerprint density at radius 2 is 0.825 bits per heavy atom. The summed E-state index contributed by atoms with van der Waals surface area (Å²) in [5.74, 6) is 2.34. The summed E-state index contributed by atoms with van der Waals surface area (Å²) in [5.41, 5.74) is 12.6. The normalized spacial score (nSPS) is 11.2. The number of aromatic nitrogens is 6. The van der Waals surface area contributed by atoms with Crippen molar-refractivity contribution in [2.75, 3.05) is 0 Å². The molecule has 3 heterocycles. The maximum absolute atomic E-state index is 7.63. The second kappa shape index (κ2) is 16.0. The van der Waals surface area contributed by atoms with E-state index in [0.717, 1.165) is 83.4 Å². The Hall–Kier alpha value is -8.86. The number of hydrogen-bond donors (Lipinski definition) is 0. The van der Waals surface area contributed by atoms with Gasteiger partial charge >= 0.3 is 0 Å². The Balaban J connectivity index is 1.19. The molecular weight excluding hydrogens is 771 g/mol. The molecule has 0 aliphatic rings. The molecule has 0 atom stereocenters. The molecular formula is C56H35N7. The molecule has 0 aliphatic heterocycles. The third-order valence-electron chi connectivity index (χ3n) is 11.3. The van der Waals surface area contributed by atoms with E-state index in [1.54, 1.807) is 0 Å². The molecule has 11 aromatic rings. The lowest BCUT2D eigenvalue weighted by Crippen LogP contribution is -2.03. The van der Waals surface area contributed by atoms with Gasteiger partial charge in [0.25, 0.3) is 0 Å². The fraction of sp³-hybridized carbons (Fsp3) is 0. The molecule has 7 nitrogen and oxygen atoms in total. The molecule has 0 unspecified atom stereocenters. The number of hydrogen-bond acceptors (Lipinski definition) is 5. The molecule has 7 heteroatoms. The fourth-order valence-electron chi connectivity index (χ4n) is 8.24. The van der Waals surface area contributed by atoms with Crippen LogP contribution in [0.15, 0.2) is 212 Å². The van der Waals surface area contributed by atoms with Crippen molar-refractivity contribution in [2.24, 2.45) is 0 Å². The van der Waals surface area contributed by atoms with Gasteiger partial charge < -0.3 is 4.57 Å². The van der Waals surface area contributed by atoms with Gasteiger partial charge in [-0.25, -0.2) is 29.8 Å². The molecule has 0 bridgehead atoms. The molecule has 0 aliphatic carbocycles. The molecule has 0 saturated carbocycles. The summed E-state index contributed by atoms with van der Waals surface area (Å²) in [6, 6.07) is 71.8. The van der Waals surface area contributed by atoms with E-state index in [4.69, 9.17) is 31.5 Å². The number of benzene rings is 8. The van der Waals surface area contributed by atoms with Crippen LogP contribution in [0.3, 0.4) is 0 Å². The van der Waals surface area contributed by atoms with Crippen LogP contribution in [0, 0.1) is 6.57 Å². The van der Waals surface area contributed by atoms with Gasteiger partial charge in [-0.3, -0.25) is 0 Å². The van der Waals surface area contributed by atoms with E-state index in [-0.39, 0.29) is 0 Å². The van der Waals surface area contributed by atoms with Gasteiger partial charge in [0.15, 0.2) is 29.0 Å². The molecule has 0 fully saturated rings. The van der Waals surface area contributed by atoms with Crippen LogP contribution in [0.5, 0.6) is 0 Å². The Kier molecular flexibility index (Phi) is 9.41. The minimum absolute atomic E-state index is 0.546.